The van der Waals surface area contributed by atoms with Gasteiger partial charge < -0.3 is 9.47 Å². The second-order valence-electron chi connectivity index (χ2n) is 7.17. The maximum Gasteiger partial charge on any atom is 0.232 e. The Balaban J connectivity index is 1.78. The number of benzene rings is 3. The number of amidine groups is 1. The van der Waals surface area contributed by atoms with E-state index in [2.05, 4.69) is 0 Å². The molecule has 1 saturated heterocycles. The van der Waals surface area contributed by atoms with Gasteiger partial charge in [-0.05, 0) is 67.9 Å². The molecule has 6 nitrogen and oxygen atoms in total. The minimum absolute atomic E-state index is 0.251. The van der Waals surface area contributed by atoms with Crippen molar-refractivity contribution in [3.63, 3.8) is 0 Å². The van der Waals surface area contributed by atoms with Crippen molar-refractivity contribution in [2.45, 2.75) is 19.9 Å². The van der Waals surface area contributed by atoms with Crippen LogP contribution in [0.5, 0.6) is 11.5 Å². The smallest absolute Gasteiger partial charge is 0.232 e. The van der Waals surface area contributed by atoms with E-state index in [9.17, 15) is 4.21 Å². The van der Waals surface area contributed by atoms with E-state index in [1.165, 1.54) is 0 Å². The molecule has 0 aromatic heterocycles. The van der Waals surface area contributed by atoms with Crippen LogP contribution in [0.15, 0.2) is 72.8 Å². The Morgan fingerprint density at radius 2 is 1.48 bits per heavy atom. The van der Waals surface area contributed by atoms with Crippen molar-refractivity contribution in [2.75, 3.05) is 22.3 Å². The number of anilines is 2. The molecule has 1 N–H and O–H groups in total. The van der Waals surface area contributed by atoms with Crippen LogP contribution >= 0.6 is 0 Å². The van der Waals surface area contributed by atoms with Crippen molar-refractivity contribution in [1.82, 2.24) is 0 Å². The molecule has 31 heavy (non-hydrogen) atoms. The van der Waals surface area contributed by atoms with Gasteiger partial charge in [-0.15, -0.1) is 0 Å². The molecule has 0 radical (unpaired) electrons. The fourth-order valence-electron chi connectivity index (χ4n) is 3.57. The Hall–Kier alpha value is -3.32. The van der Waals surface area contributed by atoms with Gasteiger partial charge in [0.2, 0.25) is 11.2 Å². The summed E-state index contributed by atoms with van der Waals surface area (Å²) in [5, 5.41) is 8.94. The van der Waals surface area contributed by atoms with Crippen molar-refractivity contribution in [1.29, 1.82) is 5.41 Å². The van der Waals surface area contributed by atoms with Crippen molar-refractivity contribution < 1.29 is 13.7 Å². The molecule has 160 valence electrons. The van der Waals surface area contributed by atoms with Crippen LogP contribution in [-0.2, 0) is 11.2 Å². The monoisotopic (exact) mass is 435 g/mol. The zero-order chi connectivity index (χ0) is 22.0. The van der Waals surface area contributed by atoms with Gasteiger partial charge in [0.1, 0.15) is 23.4 Å². The SMILES string of the molecule is CCOc1ccc(N2C(c3ccc(OC)cc3)C(=N)N(c3ccc(C)cc3)S2=O)cc1. The van der Waals surface area contributed by atoms with Crippen LogP contribution in [0.2, 0.25) is 0 Å². The van der Waals surface area contributed by atoms with Crippen LogP contribution in [-0.4, -0.2) is 23.8 Å². The molecule has 7 heteroatoms. The third kappa shape index (κ3) is 4.01. The van der Waals surface area contributed by atoms with Gasteiger partial charge in [-0.3, -0.25) is 9.71 Å². The quantitative estimate of drug-likeness (QED) is 0.591. The van der Waals surface area contributed by atoms with Crippen molar-refractivity contribution in [3.8, 4) is 11.5 Å². The van der Waals surface area contributed by atoms with Crippen molar-refractivity contribution in [2.24, 2.45) is 0 Å². The lowest BCUT2D eigenvalue weighted by molar-refractivity contribution is 0.340. The van der Waals surface area contributed by atoms with Gasteiger partial charge >= 0.3 is 0 Å². The van der Waals surface area contributed by atoms with E-state index in [0.29, 0.717) is 6.61 Å². The van der Waals surface area contributed by atoms with Crippen LogP contribution in [0.3, 0.4) is 0 Å². The summed E-state index contributed by atoms with van der Waals surface area (Å²) in [6, 6.07) is 22.2. The molecule has 1 aliphatic rings. The third-order valence-electron chi connectivity index (χ3n) is 5.14. The van der Waals surface area contributed by atoms with E-state index in [1.54, 1.807) is 15.7 Å². The minimum Gasteiger partial charge on any atom is -0.497 e. The van der Waals surface area contributed by atoms with Crippen molar-refractivity contribution >= 4 is 28.4 Å². The largest absolute Gasteiger partial charge is 0.497 e. The summed E-state index contributed by atoms with van der Waals surface area (Å²) in [5.74, 6) is 1.74. The number of aryl methyl sites for hydroxylation is 1. The Morgan fingerprint density at radius 3 is 2.06 bits per heavy atom. The molecule has 0 amide bonds. The Labute approximate surface area is 185 Å². The van der Waals surface area contributed by atoms with E-state index < -0.39 is 17.2 Å². The Kier molecular flexibility index (Phi) is 5.95. The number of hydrogen-bond acceptors (Lipinski definition) is 4. The zero-order valence-electron chi connectivity index (χ0n) is 17.7. The highest BCUT2D eigenvalue weighted by atomic mass is 32.2. The standard InChI is InChI=1S/C24H25N3O3S/c1-4-30-22-15-11-19(12-16-22)26-23(18-7-13-21(29-3)14-8-18)24(25)27(31(26)28)20-9-5-17(2)6-10-20/h5-16,23,25H,4H2,1-3H3. The lowest BCUT2D eigenvalue weighted by Gasteiger charge is -2.23. The molecule has 2 atom stereocenters. The van der Waals surface area contributed by atoms with E-state index in [1.807, 2.05) is 86.6 Å². The molecule has 0 saturated carbocycles. The first kappa shape index (κ1) is 20.9. The van der Waals surface area contributed by atoms with Crippen molar-refractivity contribution in [3.05, 3.63) is 83.9 Å². The highest BCUT2D eigenvalue weighted by Gasteiger charge is 2.44. The van der Waals surface area contributed by atoms with E-state index in [0.717, 1.165) is 34.0 Å². The van der Waals surface area contributed by atoms with Crippen LogP contribution in [0, 0.1) is 12.3 Å². The maximum absolute atomic E-state index is 13.7. The number of nitrogens with zero attached hydrogens (tertiary/aromatic N) is 2. The predicted molar refractivity (Wildman–Crippen MR) is 125 cm³/mol. The lowest BCUT2D eigenvalue weighted by atomic mass is 10.0. The molecule has 2 unspecified atom stereocenters. The van der Waals surface area contributed by atoms with Crippen LogP contribution in [0.25, 0.3) is 0 Å². The molecular formula is C24H25N3O3S. The predicted octanol–water partition coefficient (Wildman–Crippen LogP) is 5.03. The highest BCUT2D eigenvalue weighted by Crippen LogP contribution is 2.40. The third-order valence-corrected chi connectivity index (χ3v) is 6.62. The summed E-state index contributed by atoms with van der Waals surface area (Å²) in [6.07, 6.45) is 0. The summed E-state index contributed by atoms with van der Waals surface area (Å²) in [6.45, 7) is 4.52. The molecule has 1 aliphatic heterocycles. The second-order valence-corrected chi connectivity index (χ2v) is 8.39. The molecule has 1 heterocycles. The summed E-state index contributed by atoms with van der Waals surface area (Å²) in [4.78, 5) is 0. The average Bonchev–Trinajstić information content (AvgIpc) is 3.05. The average molecular weight is 436 g/mol. The molecule has 0 spiro atoms. The molecule has 0 bridgehead atoms. The molecule has 4 rings (SSSR count). The number of methoxy groups -OCH3 is 1. The second kappa shape index (κ2) is 8.81. The summed E-state index contributed by atoms with van der Waals surface area (Å²) >= 11 is -1.62. The highest BCUT2D eigenvalue weighted by molar-refractivity contribution is 7.89. The first-order valence-electron chi connectivity index (χ1n) is 10.1. The normalized spacial score (nSPS) is 18.4. The summed E-state index contributed by atoms with van der Waals surface area (Å²) in [7, 11) is 1.62. The van der Waals surface area contributed by atoms with Gasteiger partial charge in [0.05, 0.1) is 25.1 Å². The Morgan fingerprint density at radius 1 is 0.903 bits per heavy atom. The molecule has 3 aromatic carbocycles. The molecule has 1 fully saturated rings. The van der Waals surface area contributed by atoms with Gasteiger partial charge in [-0.2, -0.15) is 0 Å². The summed E-state index contributed by atoms with van der Waals surface area (Å²) in [5.41, 5.74) is 3.45. The lowest BCUT2D eigenvalue weighted by Crippen LogP contribution is -2.27. The van der Waals surface area contributed by atoms with E-state index >= 15 is 0 Å². The maximum atomic E-state index is 13.7. The fraction of sp³-hybridized carbons (Fsp3) is 0.208. The van der Waals surface area contributed by atoms with Crippen LogP contribution in [0.1, 0.15) is 24.1 Å². The van der Waals surface area contributed by atoms with Crippen LogP contribution in [0.4, 0.5) is 11.4 Å². The van der Waals surface area contributed by atoms with E-state index in [-0.39, 0.29) is 5.84 Å². The number of nitrogens with one attached hydrogen (secondary N) is 1. The molecule has 0 aliphatic carbocycles. The summed E-state index contributed by atoms with van der Waals surface area (Å²) < 4.78 is 27.8. The van der Waals surface area contributed by atoms with Gasteiger partial charge in [0.25, 0.3) is 0 Å². The zero-order valence-corrected chi connectivity index (χ0v) is 18.6. The topological polar surface area (TPSA) is 65.9 Å². The minimum atomic E-state index is -1.62. The number of hydrogen-bond donors (Lipinski definition) is 1. The Bertz CT molecular complexity index is 1080. The first-order valence-corrected chi connectivity index (χ1v) is 11.1. The fourth-order valence-corrected chi connectivity index (χ4v) is 5.02. The van der Waals surface area contributed by atoms with Gasteiger partial charge in [-0.25, -0.2) is 8.51 Å². The van der Waals surface area contributed by atoms with E-state index in [4.69, 9.17) is 14.9 Å². The molecule has 3 aromatic rings. The van der Waals surface area contributed by atoms with Gasteiger partial charge in [-0.1, -0.05) is 29.8 Å². The number of rotatable bonds is 6. The van der Waals surface area contributed by atoms with Crippen LogP contribution < -0.4 is 18.1 Å². The van der Waals surface area contributed by atoms with Gasteiger partial charge in [0, 0.05) is 0 Å². The molecular weight excluding hydrogens is 410 g/mol. The number of ether oxygens (including phenoxy) is 2. The first-order chi connectivity index (χ1) is 15.0. The van der Waals surface area contributed by atoms with Gasteiger partial charge in [0.15, 0.2) is 0 Å².